The highest BCUT2D eigenvalue weighted by Gasteiger charge is 2.08. The van der Waals surface area contributed by atoms with Gasteiger partial charge in [-0.1, -0.05) is 0 Å². The van der Waals surface area contributed by atoms with Crippen molar-refractivity contribution in [1.29, 1.82) is 0 Å². The normalized spacial score (nSPS) is 10.4. The first-order chi connectivity index (χ1) is 10.1. The van der Waals surface area contributed by atoms with Gasteiger partial charge in [-0.3, -0.25) is 9.78 Å². The van der Waals surface area contributed by atoms with Crippen LogP contribution in [0.4, 0.5) is 0 Å². The summed E-state index contributed by atoms with van der Waals surface area (Å²) in [5.41, 5.74) is 4.21. The molecule has 0 fully saturated rings. The average Bonchev–Trinajstić information content (AvgIpc) is 2.48. The topological polar surface area (TPSA) is 59.1 Å². The van der Waals surface area contributed by atoms with Crippen LogP contribution in [-0.4, -0.2) is 24.1 Å². The Morgan fingerprint density at radius 1 is 1.24 bits per heavy atom. The van der Waals surface area contributed by atoms with Crippen LogP contribution in [0.25, 0.3) is 11.3 Å². The summed E-state index contributed by atoms with van der Waals surface area (Å²) in [6.07, 6.45) is 2.89. The first kappa shape index (κ1) is 15.1. The van der Waals surface area contributed by atoms with Gasteiger partial charge in [0.2, 0.25) is 0 Å². The van der Waals surface area contributed by atoms with Crippen molar-refractivity contribution >= 4 is 12.1 Å². The number of hydrogen-bond donors (Lipinski definition) is 1. The number of aldehydes is 1. The fourth-order valence-electron chi connectivity index (χ4n) is 2.20. The number of nitrogens with one attached hydrogen (secondary N) is 1. The van der Waals surface area contributed by atoms with Crippen LogP contribution < -0.4 is 5.32 Å². The molecule has 1 aromatic carbocycles. The van der Waals surface area contributed by atoms with E-state index in [1.54, 1.807) is 12.3 Å². The number of ketones is 1. The molecule has 108 valence electrons. The van der Waals surface area contributed by atoms with Gasteiger partial charge in [0, 0.05) is 30.3 Å². The van der Waals surface area contributed by atoms with E-state index in [9.17, 15) is 9.59 Å². The SMILES string of the molecule is CNCc1ccnc(-c2cc(CC=O)cc(C(C)=O)c2)c1. The molecule has 2 aromatic rings. The molecule has 1 aromatic heterocycles. The van der Waals surface area contributed by atoms with Crippen molar-refractivity contribution in [2.75, 3.05) is 7.05 Å². The first-order valence-corrected chi connectivity index (χ1v) is 6.82. The number of carbonyl (C=O) groups excluding carboxylic acids is 2. The monoisotopic (exact) mass is 282 g/mol. The van der Waals surface area contributed by atoms with E-state index in [0.29, 0.717) is 12.0 Å². The molecule has 4 heteroatoms. The van der Waals surface area contributed by atoms with E-state index in [0.717, 1.165) is 35.2 Å². The molecular weight excluding hydrogens is 264 g/mol. The summed E-state index contributed by atoms with van der Waals surface area (Å²) >= 11 is 0. The molecule has 0 aliphatic rings. The number of rotatable bonds is 6. The fourth-order valence-corrected chi connectivity index (χ4v) is 2.20. The number of nitrogens with zero attached hydrogens (tertiary/aromatic N) is 1. The third-order valence-corrected chi connectivity index (χ3v) is 3.22. The van der Waals surface area contributed by atoms with Gasteiger partial charge in [0.25, 0.3) is 0 Å². The van der Waals surface area contributed by atoms with E-state index in [1.807, 2.05) is 31.3 Å². The zero-order valence-electron chi connectivity index (χ0n) is 12.2. The van der Waals surface area contributed by atoms with Gasteiger partial charge >= 0.3 is 0 Å². The van der Waals surface area contributed by atoms with Gasteiger partial charge in [-0.05, 0) is 55.4 Å². The number of aromatic nitrogens is 1. The Balaban J connectivity index is 2.48. The van der Waals surface area contributed by atoms with E-state index in [-0.39, 0.29) is 5.78 Å². The highest BCUT2D eigenvalue weighted by Crippen LogP contribution is 2.22. The Morgan fingerprint density at radius 2 is 2.05 bits per heavy atom. The molecule has 1 heterocycles. The van der Waals surface area contributed by atoms with Gasteiger partial charge in [-0.25, -0.2) is 0 Å². The Hall–Kier alpha value is -2.33. The zero-order valence-corrected chi connectivity index (χ0v) is 12.2. The van der Waals surface area contributed by atoms with Crippen LogP contribution in [0.3, 0.4) is 0 Å². The Labute approximate surface area is 124 Å². The molecule has 0 aliphatic carbocycles. The van der Waals surface area contributed by atoms with E-state index in [4.69, 9.17) is 0 Å². The van der Waals surface area contributed by atoms with Crippen molar-refractivity contribution < 1.29 is 9.59 Å². The molecule has 0 saturated heterocycles. The number of pyridine rings is 1. The van der Waals surface area contributed by atoms with Crippen LogP contribution in [0, 0.1) is 0 Å². The summed E-state index contributed by atoms with van der Waals surface area (Å²) < 4.78 is 0. The molecule has 0 spiro atoms. The summed E-state index contributed by atoms with van der Waals surface area (Å²) in [4.78, 5) is 26.7. The van der Waals surface area contributed by atoms with Gasteiger partial charge < -0.3 is 10.1 Å². The van der Waals surface area contributed by atoms with Gasteiger partial charge in [-0.15, -0.1) is 0 Å². The minimum Gasteiger partial charge on any atom is -0.316 e. The minimum absolute atomic E-state index is 0.0182. The Kier molecular flexibility index (Phi) is 4.95. The molecule has 0 bridgehead atoms. The number of hydrogen-bond acceptors (Lipinski definition) is 4. The summed E-state index contributed by atoms with van der Waals surface area (Å²) in [6, 6.07) is 9.42. The van der Waals surface area contributed by atoms with E-state index in [1.165, 1.54) is 6.92 Å². The van der Waals surface area contributed by atoms with Gasteiger partial charge in [-0.2, -0.15) is 0 Å². The van der Waals surface area contributed by atoms with E-state index < -0.39 is 0 Å². The van der Waals surface area contributed by atoms with Crippen LogP contribution in [0.5, 0.6) is 0 Å². The molecule has 4 nitrogen and oxygen atoms in total. The largest absolute Gasteiger partial charge is 0.316 e. The molecule has 1 N–H and O–H groups in total. The van der Waals surface area contributed by atoms with Crippen molar-refractivity contribution in [2.45, 2.75) is 19.9 Å². The predicted octanol–water partition coefficient (Wildman–Crippen LogP) is 2.41. The number of benzene rings is 1. The quantitative estimate of drug-likeness (QED) is 0.653. The summed E-state index contributed by atoms with van der Waals surface area (Å²) in [5, 5.41) is 3.10. The maximum atomic E-state index is 11.6. The number of carbonyl (C=O) groups is 2. The second-order valence-electron chi connectivity index (χ2n) is 4.93. The molecule has 0 aliphatic heterocycles. The Bertz CT molecular complexity index is 666. The van der Waals surface area contributed by atoms with Gasteiger partial charge in [0.1, 0.15) is 6.29 Å². The molecule has 0 saturated carbocycles. The lowest BCUT2D eigenvalue weighted by atomic mass is 9.99. The highest BCUT2D eigenvalue weighted by atomic mass is 16.1. The predicted molar refractivity (Wildman–Crippen MR) is 82.2 cm³/mol. The molecule has 0 radical (unpaired) electrons. The highest BCUT2D eigenvalue weighted by molar-refractivity contribution is 5.95. The van der Waals surface area contributed by atoms with E-state index in [2.05, 4.69) is 10.3 Å². The molecule has 21 heavy (non-hydrogen) atoms. The van der Waals surface area contributed by atoms with Crippen LogP contribution in [0.1, 0.15) is 28.4 Å². The second kappa shape index (κ2) is 6.90. The van der Waals surface area contributed by atoms with Crippen molar-refractivity contribution in [3.8, 4) is 11.3 Å². The second-order valence-corrected chi connectivity index (χ2v) is 4.93. The van der Waals surface area contributed by atoms with E-state index >= 15 is 0 Å². The fraction of sp³-hybridized carbons (Fsp3) is 0.235. The third kappa shape index (κ3) is 3.83. The van der Waals surface area contributed by atoms with Crippen molar-refractivity contribution in [2.24, 2.45) is 0 Å². The minimum atomic E-state index is -0.0182. The molecular formula is C17H18N2O2. The standard InChI is InChI=1S/C17H18N2O2/c1-12(21)15-7-13(4-6-20)8-16(10-15)17-9-14(11-18-2)3-5-19-17/h3,5-10,18H,4,11H2,1-2H3. The summed E-state index contributed by atoms with van der Waals surface area (Å²) in [5.74, 6) is -0.0182. The lowest BCUT2D eigenvalue weighted by Crippen LogP contribution is -2.05. The third-order valence-electron chi connectivity index (χ3n) is 3.22. The first-order valence-electron chi connectivity index (χ1n) is 6.82. The smallest absolute Gasteiger partial charge is 0.159 e. The van der Waals surface area contributed by atoms with Crippen LogP contribution in [-0.2, 0) is 17.8 Å². The molecule has 0 unspecified atom stereocenters. The maximum Gasteiger partial charge on any atom is 0.159 e. The molecule has 0 atom stereocenters. The van der Waals surface area contributed by atoms with Crippen molar-refractivity contribution in [3.05, 3.63) is 53.2 Å². The summed E-state index contributed by atoms with van der Waals surface area (Å²) in [6.45, 7) is 2.28. The van der Waals surface area contributed by atoms with Crippen LogP contribution >= 0.6 is 0 Å². The van der Waals surface area contributed by atoms with Crippen LogP contribution in [0.2, 0.25) is 0 Å². The van der Waals surface area contributed by atoms with Gasteiger partial charge in [0.15, 0.2) is 5.78 Å². The van der Waals surface area contributed by atoms with Crippen molar-refractivity contribution in [1.82, 2.24) is 10.3 Å². The molecule has 2 rings (SSSR count). The van der Waals surface area contributed by atoms with Crippen LogP contribution in [0.15, 0.2) is 36.5 Å². The lowest BCUT2D eigenvalue weighted by Gasteiger charge is -2.08. The van der Waals surface area contributed by atoms with Crippen molar-refractivity contribution in [3.63, 3.8) is 0 Å². The number of Topliss-reactive ketones (excluding diaryl/α,β-unsaturated/α-hetero) is 1. The summed E-state index contributed by atoms with van der Waals surface area (Å²) in [7, 11) is 1.89. The lowest BCUT2D eigenvalue weighted by molar-refractivity contribution is -0.107. The maximum absolute atomic E-state index is 11.6. The Morgan fingerprint density at radius 3 is 2.71 bits per heavy atom. The average molecular weight is 282 g/mol. The zero-order chi connectivity index (χ0) is 15.2. The molecule has 0 amide bonds. The van der Waals surface area contributed by atoms with Gasteiger partial charge in [0.05, 0.1) is 5.69 Å².